The molecule has 0 radical (unpaired) electrons. The highest BCUT2D eigenvalue weighted by Gasteiger charge is 2.30. The fourth-order valence-corrected chi connectivity index (χ4v) is 3.08. The second-order valence-corrected chi connectivity index (χ2v) is 5.87. The zero-order valence-corrected chi connectivity index (χ0v) is 12.2. The molecule has 1 heterocycles. The van der Waals surface area contributed by atoms with Crippen LogP contribution in [0.1, 0.15) is 57.0 Å². The van der Waals surface area contributed by atoms with Crippen LogP contribution in [0.4, 0.5) is 0 Å². The van der Waals surface area contributed by atoms with Gasteiger partial charge in [0, 0.05) is 11.7 Å². The molecule has 1 saturated carbocycles. The normalized spacial score (nSPS) is 28.6. The monoisotopic (exact) mass is 249 g/mol. The first kappa shape index (κ1) is 13.6. The first-order chi connectivity index (χ1) is 8.63. The van der Waals surface area contributed by atoms with Gasteiger partial charge in [-0.05, 0) is 52.0 Å². The first-order valence-electron chi connectivity index (χ1n) is 7.36. The van der Waals surface area contributed by atoms with Crippen LogP contribution in [0.2, 0.25) is 0 Å². The maximum Gasteiger partial charge on any atom is 0.0954 e. The van der Waals surface area contributed by atoms with E-state index in [4.69, 9.17) is 0 Å². The molecule has 2 rings (SSSR count). The second-order valence-electron chi connectivity index (χ2n) is 5.87. The van der Waals surface area contributed by atoms with Crippen molar-refractivity contribution in [2.75, 3.05) is 6.54 Å². The van der Waals surface area contributed by atoms with E-state index in [0.29, 0.717) is 12.1 Å². The van der Waals surface area contributed by atoms with Gasteiger partial charge in [-0.1, -0.05) is 13.8 Å². The summed E-state index contributed by atoms with van der Waals surface area (Å²) in [5, 5.41) is 3.73. The van der Waals surface area contributed by atoms with Crippen molar-refractivity contribution < 1.29 is 0 Å². The van der Waals surface area contributed by atoms with Gasteiger partial charge in [0.15, 0.2) is 0 Å². The molecule has 0 amide bonds. The molecule has 18 heavy (non-hydrogen) atoms. The third-order valence-corrected chi connectivity index (χ3v) is 4.38. The molecular weight excluding hydrogens is 222 g/mol. The van der Waals surface area contributed by atoms with Crippen molar-refractivity contribution in [2.24, 2.45) is 5.92 Å². The van der Waals surface area contributed by atoms with Crippen molar-refractivity contribution in [1.29, 1.82) is 0 Å². The highest BCUT2D eigenvalue weighted by atomic mass is 15.1. The average molecular weight is 249 g/mol. The minimum Gasteiger partial charge on any atom is -0.330 e. The Kier molecular flexibility index (Phi) is 4.44. The largest absolute Gasteiger partial charge is 0.330 e. The van der Waals surface area contributed by atoms with Crippen molar-refractivity contribution in [1.82, 2.24) is 14.9 Å². The molecule has 0 spiro atoms. The van der Waals surface area contributed by atoms with E-state index < -0.39 is 0 Å². The number of hydrogen-bond acceptors (Lipinski definition) is 2. The van der Waals surface area contributed by atoms with Gasteiger partial charge < -0.3 is 9.88 Å². The molecule has 0 saturated heterocycles. The van der Waals surface area contributed by atoms with Gasteiger partial charge in [0.05, 0.1) is 18.1 Å². The molecule has 1 aliphatic rings. The average Bonchev–Trinajstić information content (AvgIpc) is 2.68. The predicted molar refractivity (Wildman–Crippen MR) is 75.8 cm³/mol. The maximum atomic E-state index is 4.47. The van der Waals surface area contributed by atoms with Gasteiger partial charge in [0.2, 0.25) is 0 Å². The Morgan fingerprint density at radius 2 is 2.17 bits per heavy atom. The molecule has 1 aromatic heterocycles. The van der Waals surface area contributed by atoms with Crippen LogP contribution in [0.3, 0.4) is 0 Å². The molecule has 1 aromatic rings. The molecule has 0 bridgehead atoms. The molecule has 3 nitrogen and oxygen atoms in total. The lowest BCUT2D eigenvalue weighted by molar-refractivity contribution is 0.213. The van der Waals surface area contributed by atoms with Crippen molar-refractivity contribution in [2.45, 2.75) is 65.5 Å². The van der Waals surface area contributed by atoms with Crippen LogP contribution in [0, 0.1) is 19.8 Å². The Balaban J connectivity index is 2.16. The Bertz CT molecular complexity index is 381. The molecular formula is C15H27N3. The second kappa shape index (κ2) is 5.87. The smallest absolute Gasteiger partial charge is 0.0954 e. The molecule has 0 aromatic carbocycles. The lowest BCUT2D eigenvalue weighted by Crippen LogP contribution is -2.42. The molecule has 1 fully saturated rings. The van der Waals surface area contributed by atoms with Gasteiger partial charge in [-0.2, -0.15) is 0 Å². The summed E-state index contributed by atoms with van der Waals surface area (Å²) in [7, 11) is 0. The van der Waals surface area contributed by atoms with E-state index in [-0.39, 0.29) is 0 Å². The van der Waals surface area contributed by atoms with Crippen molar-refractivity contribution in [3.63, 3.8) is 0 Å². The molecule has 102 valence electrons. The quantitative estimate of drug-likeness (QED) is 0.888. The van der Waals surface area contributed by atoms with Gasteiger partial charge in [-0.15, -0.1) is 0 Å². The van der Waals surface area contributed by atoms with E-state index in [9.17, 15) is 0 Å². The van der Waals surface area contributed by atoms with Crippen LogP contribution in [-0.2, 0) is 0 Å². The fraction of sp³-hybridized carbons (Fsp3) is 0.800. The third-order valence-electron chi connectivity index (χ3n) is 4.38. The summed E-state index contributed by atoms with van der Waals surface area (Å²) in [6, 6.07) is 1.20. The van der Waals surface area contributed by atoms with Gasteiger partial charge in [0.25, 0.3) is 0 Å². The zero-order valence-electron chi connectivity index (χ0n) is 12.2. The lowest BCUT2D eigenvalue weighted by Gasteiger charge is -2.37. The minimum absolute atomic E-state index is 0.585. The van der Waals surface area contributed by atoms with Crippen LogP contribution in [0.25, 0.3) is 0 Å². The number of nitrogens with one attached hydrogen (secondary N) is 1. The van der Waals surface area contributed by atoms with E-state index in [1.807, 2.05) is 6.33 Å². The van der Waals surface area contributed by atoms with Gasteiger partial charge >= 0.3 is 0 Å². The molecule has 3 unspecified atom stereocenters. The summed E-state index contributed by atoms with van der Waals surface area (Å²) < 4.78 is 2.40. The Morgan fingerprint density at radius 1 is 1.39 bits per heavy atom. The summed E-state index contributed by atoms with van der Waals surface area (Å²) in [4.78, 5) is 4.47. The summed E-state index contributed by atoms with van der Waals surface area (Å²) in [5.74, 6) is 0.830. The number of hydrogen-bond donors (Lipinski definition) is 1. The van der Waals surface area contributed by atoms with Crippen LogP contribution >= 0.6 is 0 Å². The van der Waals surface area contributed by atoms with E-state index in [2.05, 4.69) is 42.6 Å². The van der Waals surface area contributed by atoms with E-state index in [1.54, 1.807) is 0 Å². The number of rotatable bonds is 4. The topological polar surface area (TPSA) is 29.9 Å². The van der Waals surface area contributed by atoms with Crippen LogP contribution in [0.15, 0.2) is 6.33 Å². The number of nitrogens with zero attached hydrogens (tertiary/aromatic N) is 2. The number of aromatic nitrogens is 2. The zero-order chi connectivity index (χ0) is 13.1. The summed E-state index contributed by atoms with van der Waals surface area (Å²) >= 11 is 0. The molecule has 0 aliphatic heterocycles. The van der Waals surface area contributed by atoms with E-state index >= 15 is 0 Å². The summed E-state index contributed by atoms with van der Waals surface area (Å²) in [6.07, 6.45) is 7.17. The highest BCUT2D eigenvalue weighted by molar-refractivity contribution is 5.11. The molecule has 3 atom stereocenters. The van der Waals surface area contributed by atoms with Gasteiger partial charge in [-0.3, -0.25) is 0 Å². The van der Waals surface area contributed by atoms with E-state index in [1.165, 1.54) is 37.1 Å². The lowest BCUT2D eigenvalue weighted by atomic mass is 9.83. The van der Waals surface area contributed by atoms with Crippen LogP contribution in [-0.4, -0.2) is 22.1 Å². The SMILES string of the molecule is CCCNC1CCC(C)CC1n1cnc(C)c1C. The maximum absolute atomic E-state index is 4.47. The molecule has 1 N–H and O–H groups in total. The minimum atomic E-state index is 0.585. The van der Waals surface area contributed by atoms with Crippen molar-refractivity contribution in [3.05, 3.63) is 17.7 Å². The number of imidazole rings is 1. The molecule has 1 aliphatic carbocycles. The van der Waals surface area contributed by atoms with Gasteiger partial charge in [0.1, 0.15) is 0 Å². The number of aryl methyl sites for hydroxylation is 1. The Morgan fingerprint density at radius 3 is 2.78 bits per heavy atom. The first-order valence-corrected chi connectivity index (χ1v) is 7.36. The van der Waals surface area contributed by atoms with Gasteiger partial charge in [-0.25, -0.2) is 4.98 Å². The van der Waals surface area contributed by atoms with Crippen molar-refractivity contribution >= 4 is 0 Å². The fourth-order valence-electron chi connectivity index (χ4n) is 3.08. The Hall–Kier alpha value is -0.830. The molecule has 3 heteroatoms. The Labute approximate surface area is 111 Å². The van der Waals surface area contributed by atoms with Crippen LogP contribution in [0.5, 0.6) is 0 Å². The van der Waals surface area contributed by atoms with Crippen LogP contribution < -0.4 is 5.32 Å². The standard InChI is InChI=1S/C15H27N3/c1-5-8-16-14-7-6-11(2)9-15(14)18-10-17-12(3)13(18)4/h10-11,14-16H,5-9H2,1-4H3. The third kappa shape index (κ3) is 2.77. The summed E-state index contributed by atoms with van der Waals surface area (Å²) in [6.45, 7) is 10.0. The highest BCUT2D eigenvalue weighted by Crippen LogP contribution is 2.33. The van der Waals surface area contributed by atoms with Crippen molar-refractivity contribution in [3.8, 4) is 0 Å². The predicted octanol–water partition coefficient (Wildman–Crippen LogP) is 3.23. The summed E-state index contributed by atoms with van der Waals surface area (Å²) in [5.41, 5.74) is 2.50. The van der Waals surface area contributed by atoms with E-state index in [0.717, 1.165) is 12.5 Å².